The normalized spacial score (nSPS) is 10.5. The van der Waals surface area contributed by atoms with Crippen LogP contribution in [0, 0.1) is 0 Å². The summed E-state index contributed by atoms with van der Waals surface area (Å²) in [5.41, 5.74) is 0. The third-order valence-electron chi connectivity index (χ3n) is 3.49. The van der Waals surface area contributed by atoms with Gasteiger partial charge in [-0.1, -0.05) is 84.0 Å². The van der Waals surface area contributed by atoms with Crippen LogP contribution in [0.25, 0.3) is 0 Å². The van der Waals surface area contributed by atoms with Gasteiger partial charge in [-0.05, 0) is 6.42 Å². The molecule has 0 aliphatic rings. The van der Waals surface area contributed by atoms with Crippen LogP contribution in [0.4, 0.5) is 0 Å². The van der Waals surface area contributed by atoms with Crippen molar-refractivity contribution in [2.75, 3.05) is 0 Å². The maximum atomic E-state index is 10.3. The zero-order valence-electron chi connectivity index (χ0n) is 14.5. The predicted octanol–water partition coefficient (Wildman–Crippen LogP) is 3.98. The molecule has 0 saturated heterocycles. The quantitative estimate of drug-likeness (QED) is 0.206. The number of unbranched alkanes of at least 4 members (excludes halogenated alkanes) is 12. The first-order chi connectivity index (χ1) is 10.8. The molecule has 0 aliphatic heterocycles. The SMILES string of the molecule is CCCCCCCCCCCCCCCC(=O)O.O=P(O)(O)O.[NaH]. The molecule has 0 fully saturated rings. The molecule has 0 heterocycles. The van der Waals surface area contributed by atoms with E-state index in [0.717, 1.165) is 12.8 Å². The fourth-order valence-electron chi connectivity index (χ4n) is 2.29. The summed E-state index contributed by atoms with van der Waals surface area (Å²) in [6, 6.07) is 0. The van der Waals surface area contributed by atoms with E-state index in [9.17, 15) is 4.79 Å². The first-order valence-electron chi connectivity index (χ1n) is 8.77. The summed E-state index contributed by atoms with van der Waals surface area (Å²) in [4.78, 5) is 31.9. The number of rotatable bonds is 14. The standard InChI is InChI=1S/C16H32O2.Na.H3O4P.H/c1-2-3-4-5-6-7-8-9-10-11-12-13-14-15-16(17)18;;1-5(2,3)4;/h2-15H2,1H3,(H,17,18);;(H3,1,2,3,4);. The fourth-order valence-corrected chi connectivity index (χ4v) is 2.29. The van der Waals surface area contributed by atoms with E-state index in [-0.39, 0.29) is 29.6 Å². The Kier molecular flexibility index (Phi) is 26.4. The van der Waals surface area contributed by atoms with E-state index in [4.69, 9.17) is 24.4 Å². The fraction of sp³-hybridized carbons (Fsp3) is 0.938. The third kappa shape index (κ3) is 43.3. The number of carbonyl (C=O) groups is 1. The van der Waals surface area contributed by atoms with Crippen LogP contribution in [0.1, 0.15) is 96.8 Å². The molecule has 0 amide bonds. The zero-order chi connectivity index (χ0) is 18.0. The molecule has 0 aromatic heterocycles. The van der Waals surface area contributed by atoms with E-state index in [1.165, 1.54) is 70.6 Å². The van der Waals surface area contributed by atoms with Crippen LogP contribution in [0.2, 0.25) is 0 Å². The Morgan fingerprint density at radius 2 is 0.958 bits per heavy atom. The van der Waals surface area contributed by atoms with Gasteiger partial charge >= 0.3 is 43.3 Å². The van der Waals surface area contributed by atoms with Crippen molar-refractivity contribution < 1.29 is 29.1 Å². The molecular formula is C16H36NaO6P. The van der Waals surface area contributed by atoms with Gasteiger partial charge in [0.1, 0.15) is 0 Å². The van der Waals surface area contributed by atoms with Gasteiger partial charge < -0.3 is 19.8 Å². The van der Waals surface area contributed by atoms with Gasteiger partial charge in [-0.15, -0.1) is 0 Å². The molecule has 8 heteroatoms. The van der Waals surface area contributed by atoms with Gasteiger partial charge in [0.15, 0.2) is 0 Å². The third-order valence-corrected chi connectivity index (χ3v) is 3.49. The van der Waals surface area contributed by atoms with Crippen LogP contribution in [0.5, 0.6) is 0 Å². The molecule has 0 spiro atoms. The first kappa shape index (κ1) is 29.3. The Hall–Kier alpha value is 0.580. The molecule has 0 aromatic carbocycles. The average Bonchev–Trinajstić information content (AvgIpc) is 2.42. The van der Waals surface area contributed by atoms with E-state index in [2.05, 4.69) is 6.92 Å². The summed E-state index contributed by atoms with van der Waals surface area (Å²) in [7, 11) is -4.64. The topological polar surface area (TPSA) is 115 Å². The number of phosphoric acid groups is 1. The second kappa shape index (κ2) is 21.6. The average molecular weight is 378 g/mol. The number of aliphatic carboxylic acids is 1. The monoisotopic (exact) mass is 378 g/mol. The molecule has 0 unspecified atom stereocenters. The molecule has 0 aromatic rings. The molecular weight excluding hydrogens is 342 g/mol. The van der Waals surface area contributed by atoms with E-state index < -0.39 is 13.8 Å². The van der Waals surface area contributed by atoms with E-state index in [1.54, 1.807) is 0 Å². The Labute approximate surface area is 169 Å². The number of hydrogen-bond acceptors (Lipinski definition) is 2. The molecule has 6 nitrogen and oxygen atoms in total. The van der Waals surface area contributed by atoms with Crippen molar-refractivity contribution in [3.05, 3.63) is 0 Å². The Morgan fingerprint density at radius 3 is 1.21 bits per heavy atom. The van der Waals surface area contributed by atoms with Crippen molar-refractivity contribution in [2.45, 2.75) is 96.8 Å². The summed E-state index contributed by atoms with van der Waals surface area (Å²) < 4.78 is 8.88. The minimum absolute atomic E-state index is 0. The van der Waals surface area contributed by atoms with Gasteiger partial charge in [0, 0.05) is 6.42 Å². The van der Waals surface area contributed by atoms with Crippen LogP contribution in [-0.2, 0) is 9.36 Å². The molecule has 0 rings (SSSR count). The predicted molar refractivity (Wildman–Crippen MR) is 99.4 cm³/mol. The van der Waals surface area contributed by atoms with Gasteiger partial charge in [-0.2, -0.15) is 0 Å². The van der Waals surface area contributed by atoms with Crippen LogP contribution in [0.15, 0.2) is 0 Å². The first-order valence-corrected chi connectivity index (χ1v) is 10.3. The number of carboxylic acid groups (broad SMARTS) is 1. The Bertz CT molecular complexity index is 301. The van der Waals surface area contributed by atoms with Crippen molar-refractivity contribution >= 4 is 43.3 Å². The molecule has 0 radical (unpaired) electrons. The summed E-state index contributed by atoms with van der Waals surface area (Å²) in [6.07, 6.45) is 17.3. The molecule has 0 bridgehead atoms. The summed E-state index contributed by atoms with van der Waals surface area (Å²) in [5.74, 6) is -0.655. The van der Waals surface area contributed by atoms with Gasteiger partial charge in [0.25, 0.3) is 0 Å². The molecule has 142 valence electrons. The van der Waals surface area contributed by atoms with E-state index in [1.807, 2.05) is 0 Å². The zero-order valence-corrected chi connectivity index (χ0v) is 15.3. The van der Waals surface area contributed by atoms with Gasteiger partial charge in [0.05, 0.1) is 0 Å². The number of hydrogen-bond donors (Lipinski definition) is 4. The summed E-state index contributed by atoms with van der Waals surface area (Å²) in [5, 5.41) is 8.49. The Morgan fingerprint density at radius 1 is 0.708 bits per heavy atom. The van der Waals surface area contributed by atoms with Crippen LogP contribution < -0.4 is 0 Å². The van der Waals surface area contributed by atoms with E-state index in [0.29, 0.717) is 6.42 Å². The molecule has 4 N–H and O–H groups in total. The second-order valence-corrected chi connectivity index (χ2v) is 6.93. The van der Waals surface area contributed by atoms with Crippen molar-refractivity contribution in [3.8, 4) is 0 Å². The molecule has 0 saturated carbocycles. The minimum atomic E-state index is -4.64. The maximum absolute atomic E-state index is 10.3. The molecule has 0 atom stereocenters. The van der Waals surface area contributed by atoms with Gasteiger partial charge in [-0.25, -0.2) is 4.57 Å². The van der Waals surface area contributed by atoms with Crippen LogP contribution in [-0.4, -0.2) is 55.3 Å². The summed E-state index contributed by atoms with van der Waals surface area (Å²) >= 11 is 0. The second-order valence-electron chi connectivity index (χ2n) is 5.90. The molecule has 0 aliphatic carbocycles. The number of carboxylic acids is 1. The van der Waals surface area contributed by atoms with Crippen LogP contribution >= 0.6 is 7.82 Å². The van der Waals surface area contributed by atoms with Crippen molar-refractivity contribution in [1.29, 1.82) is 0 Å². The molecule has 24 heavy (non-hydrogen) atoms. The van der Waals surface area contributed by atoms with Gasteiger partial charge in [-0.3, -0.25) is 4.79 Å². The van der Waals surface area contributed by atoms with Crippen molar-refractivity contribution in [3.63, 3.8) is 0 Å². The van der Waals surface area contributed by atoms with Crippen LogP contribution in [0.3, 0.4) is 0 Å². The van der Waals surface area contributed by atoms with Crippen molar-refractivity contribution in [2.24, 2.45) is 0 Å². The van der Waals surface area contributed by atoms with E-state index >= 15 is 0 Å². The van der Waals surface area contributed by atoms with Crippen molar-refractivity contribution in [1.82, 2.24) is 0 Å². The summed E-state index contributed by atoms with van der Waals surface area (Å²) in [6.45, 7) is 2.26. The Balaban J connectivity index is -0.000000639. The van der Waals surface area contributed by atoms with Gasteiger partial charge in [0.2, 0.25) is 0 Å².